The average molecular weight is 524 g/mol. The molecule has 0 saturated carbocycles. The minimum atomic E-state index is -3.19. The van der Waals surface area contributed by atoms with E-state index in [-0.39, 0.29) is 29.5 Å². The largest absolute Gasteiger partial charge is 0.379 e. The first-order valence-electron chi connectivity index (χ1n) is 9.20. The van der Waals surface area contributed by atoms with Crippen LogP contribution in [0.5, 0.6) is 0 Å². The van der Waals surface area contributed by atoms with Gasteiger partial charge in [0.1, 0.15) is 0 Å². The molecule has 1 aliphatic heterocycles. The number of morpholine rings is 1. The molecule has 0 atom stereocenters. The standard InChI is InChI=1S/C19H32N4O3S.HI/c1-15-12-16(6-7-17(15)27(5,24)25)13-21-18(20-4)22-14-19(2,3)23-8-10-26-11-9-23;/h6-7,12H,8-11,13-14H2,1-5H3,(H2,20,21,22);1H. The minimum absolute atomic E-state index is 0. The predicted octanol–water partition coefficient (Wildman–Crippen LogP) is 1.79. The number of rotatable bonds is 6. The van der Waals surface area contributed by atoms with Crippen molar-refractivity contribution >= 4 is 39.8 Å². The van der Waals surface area contributed by atoms with Crippen molar-refractivity contribution in [1.82, 2.24) is 15.5 Å². The van der Waals surface area contributed by atoms with Gasteiger partial charge in [0.05, 0.1) is 18.1 Å². The number of hydrogen-bond acceptors (Lipinski definition) is 5. The second-order valence-corrected chi connectivity index (χ2v) is 9.55. The highest BCUT2D eigenvalue weighted by molar-refractivity contribution is 14.0. The summed E-state index contributed by atoms with van der Waals surface area (Å²) in [6.45, 7) is 11.0. The third kappa shape index (κ3) is 7.16. The van der Waals surface area contributed by atoms with Gasteiger partial charge in [0.15, 0.2) is 15.8 Å². The SMILES string of the molecule is CN=C(NCc1ccc(S(C)(=O)=O)c(C)c1)NCC(C)(C)N1CCOCC1.I. The summed E-state index contributed by atoms with van der Waals surface area (Å²) in [6.07, 6.45) is 1.23. The van der Waals surface area contributed by atoms with Gasteiger partial charge in [-0.05, 0) is 38.0 Å². The molecule has 0 amide bonds. The number of nitrogens with one attached hydrogen (secondary N) is 2. The van der Waals surface area contributed by atoms with E-state index < -0.39 is 9.84 Å². The Hall–Kier alpha value is -0.910. The zero-order valence-electron chi connectivity index (χ0n) is 17.4. The van der Waals surface area contributed by atoms with Crippen LogP contribution < -0.4 is 10.6 Å². The van der Waals surface area contributed by atoms with Crippen LogP contribution in [0.4, 0.5) is 0 Å². The van der Waals surface area contributed by atoms with E-state index in [2.05, 4.69) is 34.4 Å². The van der Waals surface area contributed by atoms with E-state index in [9.17, 15) is 8.42 Å². The molecule has 0 unspecified atom stereocenters. The molecule has 7 nitrogen and oxygen atoms in total. The van der Waals surface area contributed by atoms with Crippen molar-refractivity contribution in [2.24, 2.45) is 4.99 Å². The summed E-state index contributed by atoms with van der Waals surface area (Å²) in [4.78, 5) is 7.08. The molecule has 0 bridgehead atoms. The van der Waals surface area contributed by atoms with E-state index in [1.54, 1.807) is 13.1 Å². The van der Waals surface area contributed by atoms with Crippen LogP contribution in [0.1, 0.15) is 25.0 Å². The lowest BCUT2D eigenvalue weighted by atomic mass is 10.0. The summed E-state index contributed by atoms with van der Waals surface area (Å²) in [7, 11) is -1.45. The van der Waals surface area contributed by atoms with Crippen LogP contribution in [0.3, 0.4) is 0 Å². The van der Waals surface area contributed by atoms with Gasteiger partial charge >= 0.3 is 0 Å². The molecule has 1 saturated heterocycles. The Morgan fingerprint density at radius 3 is 2.43 bits per heavy atom. The maximum atomic E-state index is 11.7. The Morgan fingerprint density at radius 2 is 1.89 bits per heavy atom. The Labute approximate surface area is 186 Å². The van der Waals surface area contributed by atoms with Crippen LogP contribution in [0.15, 0.2) is 28.1 Å². The van der Waals surface area contributed by atoms with Crippen molar-refractivity contribution in [3.63, 3.8) is 0 Å². The molecule has 0 radical (unpaired) electrons. The van der Waals surface area contributed by atoms with Gasteiger partial charge in [0, 0.05) is 45.0 Å². The van der Waals surface area contributed by atoms with Crippen LogP contribution in [0.25, 0.3) is 0 Å². The van der Waals surface area contributed by atoms with Gasteiger partial charge in [-0.3, -0.25) is 9.89 Å². The van der Waals surface area contributed by atoms with Crippen molar-refractivity contribution in [1.29, 1.82) is 0 Å². The van der Waals surface area contributed by atoms with Crippen molar-refractivity contribution in [2.45, 2.75) is 37.8 Å². The zero-order chi connectivity index (χ0) is 20.1. The quantitative estimate of drug-likeness (QED) is 0.336. The Bertz CT molecular complexity index is 775. The Balaban J connectivity index is 0.00000392. The fraction of sp³-hybridized carbons (Fsp3) is 0.632. The monoisotopic (exact) mass is 524 g/mol. The second-order valence-electron chi connectivity index (χ2n) is 7.56. The van der Waals surface area contributed by atoms with E-state index in [4.69, 9.17) is 4.74 Å². The van der Waals surface area contributed by atoms with E-state index in [0.29, 0.717) is 11.4 Å². The molecule has 1 aromatic rings. The molecule has 1 aliphatic rings. The average Bonchev–Trinajstić information content (AvgIpc) is 2.61. The van der Waals surface area contributed by atoms with Crippen LogP contribution in [0, 0.1) is 6.92 Å². The Kier molecular flexibility index (Phi) is 9.65. The predicted molar refractivity (Wildman–Crippen MR) is 124 cm³/mol. The summed E-state index contributed by atoms with van der Waals surface area (Å²) in [5.74, 6) is 0.723. The van der Waals surface area contributed by atoms with Gasteiger partial charge in [-0.15, -0.1) is 24.0 Å². The number of sulfone groups is 1. The van der Waals surface area contributed by atoms with Crippen LogP contribution in [-0.4, -0.2) is 71.0 Å². The molecule has 1 aromatic carbocycles. The van der Waals surface area contributed by atoms with Crippen LogP contribution >= 0.6 is 24.0 Å². The van der Waals surface area contributed by atoms with Crippen LogP contribution in [-0.2, 0) is 21.1 Å². The number of aryl methyl sites for hydroxylation is 1. The molecule has 2 N–H and O–H groups in total. The normalized spacial score (nSPS) is 16.4. The number of aliphatic imine (C=N–C) groups is 1. The lowest BCUT2D eigenvalue weighted by Crippen LogP contribution is -2.56. The fourth-order valence-electron chi connectivity index (χ4n) is 3.22. The summed E-state index contributed by atoms with van der Waals surface area (Å²) in [5, 5.41) is 6.68. The number of ether oxygens (including phenoxy) is 1. The van der Waals surface area contributed by atoms with Crippen molar-refractivity contribution in [3.8, 4) is 0 Å². The lowest BCUT2D eigenvalue weighted by Gasteiger charge is -2.41. The molecular formula is C19H33IN4O3S. The van der Waals surface area contributed by atoms with E-state index in [1.807, 2.05) is 19.1 Å². The number of guanidine groups is 1. The first-order valence-corrected chi connectivity index (χ1v) is 11.1. The molecule has 1 heterocycles. The molecule has 9 heteroatoms. The molecule has 1 fully saturated rings. The van der Waals surface area contributed by atoms with Gasteiger partial charge in [-0.25, -0.2) is 8.42 Å². The zero-order valence-corrected chi connectivity index (χ0v) is 20.6. The molecular weight excluding hydrogens is 491 g/mol. The maximum Gasteiger partial charge on any atom is 0.191 e. The third-order valence-electron chi connectivity index (χ3n) is 4.88. The maximum absolute atomic E-state index is 11.7. The van der Waals surface area contributed by atoms with Gasteiger partial charge < -0.3 is 15.4 Å². The topological polar surface area (TPSA) is 83.0 Å². The number of nitrogens with zero attached hydrogens (tertiary/aromatic N) is 2. The summed E-state index contributed by atoms with van der Waals surface area (Å²) >= 11 is 0. The molecule has 0 aromatic heterocycles. The molecule has 160 valence electrons. The van der Waals surface area contributed by atoms with Crippen molar-refractivity contribution < 1.29 is 13.2 Å². The minimum Gasteiger partial charge on any atom is -0.379 e. The highest BCUT2D eigenvalue weighted by atomic mass is 127. The lowest BCUT2D eigenvalue weighted by molar-refractivity contribution is -0.00834. The van der Waals surface area contributed by atoms with E-state index in [0.717, 1.165) is 49.9 Å². The van der Waals surface area contributed by atoms with Crippen molar-refractivity contribution in [3.05, 3.63) is 29.3 Å². The number of benzene rings is 1. The van der Waals surface area contributed by atoms with E-state index in [1.165, 1.54) is 6.26 Å². The summed E-state index contributed by atoms with van der Waals surface area (Å²) in [5.41, 5.74) is 1.76. The second kappa shape index (κ2) is 10.7. The fourth-order valence-corrected chi connectivity index (χ4v) is 4.18. The van der Waals surface area contributed by atoms with Crippen molar-refractivity contribution in [2.75, 3.05) is 46.2 Å². The highest BCUT2D eigenvalue weighted by Gasteiger charge is 2.28. The van der Waals surface area contributed by atoms with Gasteiger partial charge in [0.2, 0.25) is 0 Å². The first-order chi connectivity index (χ1) is 12.6. The summed E-state index contributed by atoms with van der Waals surface area (Å²) < 4.78 is 28.9. The number of hydrogen-bond donors (Lipinski definition) is 2. The number of halogens is 1. The van der Waals surface area contributed by atoms with Gasteiger partial charge in [-0.2, -0.15) is 0 Å². The first kappa shape index (κ1) is 25.1. The molecule has 2 rings (SSSR count). The Morgan fingerprint density at radius 1 is 1.25 bits per heavy atom. The van der Waals surface area contributed by atoms with E-state index >= 15 is 0 Å². The smallest absolute Gasteiger partial charge is 0.191 e. The molecule has 28 heavy (non-hydrogen) atoms. The highest BCUT2D eigenvalue weighted by Crippen LogP contribution is 2.17. The molecule has 0 aliphatic carbocycles. The third-order valence-corrected chi connectivity index (χ3v) is 6.13. The summed E-state index contributed by atoms with van der Waals surface area (Å²) in [6, 6.07) is 5.40. The van der Waals surface area contributed by atoms with Gasteiger partial charge in [-0.1, -0.05) is 12.1 Å². The molecule has 0 spiro atoms. The van der Waals surface area contributed by atoms with Gasteiger partial charge in [0.25, 0.3) is 0 Å². The van der Waals surface area contributed by atoms with Crippen LogP contribution in [0.2, 0.25) is 0 Å².